The molecule has 1 aromatic rings. The molecule has 0 fully saturated rings. The second-order valence-corrected chi connectivity index (χ2v) is 4.33. The van der Waals surface area contributed by atoms with Gasteiger partial charge in [0, 0.05) is 9.75 Å². The Morgan fingerprint density at radius 1 is 1.55 bits per heavy atom. The second kappa shape index (κ2) is 2.95. The number of aryl methyl sites for hydroxylation is 1. The Kier molecular flexibility index (Phi) is 2.35. The summed E-state index contributed by atoms with van der Waals surface area (Å²) >= 11 is 1.67. The minimum absolute atomic E-state index is 0.626. The van der Waals surface area contributed by atoms with Crippen LogP contribution in [0.3, 0.4) is 0 Å². The molecule has 0 saturated heterocycles. The Morgan fingerprint density at radius 3 is 2.55 bits per heavy atom. The lowest BCUT2D eigenvalue weighted by Crippen LogP contribution is -2.17. The number of rotatable bonds is 2. The van der Waals surface area contributed by atoms with Gasteiger partial charge in [-0.3, -0.25) is 0 Å². The summed E-state index contributed by atoms with van der Waals surface area (Å²) in [5, 5.41) is 9.82. The maximum atomic E-state index is 9.82. The van der Waals surface area contributed by atoms with Crippen LogP contribution in [0.25, 0.3) is 0 Å². The van der Waals surface area contributed by atoms with Crippen LogP contribution < -0.4 is 0 Å². The zero-order chi connectivity index (χ0) is 8.48. The summed E-state index contributed by atoms with van der Waals surface area (Å²) in [7, 11) is 0. The maximum absolute atomic E-state index is 9.82. The highest BCUT2D eigenvalue weighted by molar-refractivity contribution is 7.12. The van der Waals surface area contributed by atoms with Crippen molar-refractivity contribution in [2.45, 2.75) is 32.8 Å². The van der Waals surface area contributed by atoms with Gasteiger partial charge in [0.2, 0.25) is 0 Å². The third-order valence-electron chi connectivity index (χ3n) is 1.96. The van der Waals surface area contributed by atoms with Crippen molar-refractivity contribution in [3.63, 3.8) is 0 Å². The van der Waals surface area contributed by atoms with E-state index in [1.54, 1.807) is 11.3 Å². The van der Waals surface area contributed by atoms with Crippen molar-refractivity contribution in [3.8, 4) is 0 Å². The van der Waals surface area contributed by atoms with Crippen LogP contribution in [0.1, 0.15) is 30.0 Å². The van der Waals surface area contributed by atoms with Crippen molar-refractivity contribution in [1.82, 2.24) is 0 Å². The van der Waals surface area contributed by atoms with Gasteiger partial charge < -0.3 is 5.11 Å². The number of aliphatic hydroxyl groups is 1. The van der Waals surface area contributed by atoms with Crippen molar-refractivity contribution >= 4 is 11.3 Å². The Labute approximate surface area is 71.7 Å². The van der Waals surface area contributed by atoms with Crippen molar-refractivity contribution < 1.29 is 5.11 Å². The summed E-state index contributed by atoms with van der Waals surface area (Å²) in [5.74, 6) is 0. The van der Waals surface area contributed by atoms with Gasteiger partial charge in [-0.1, -0.05) is 6.92 Å². The number of hydrogen-bond acceptors (Lipinski definition) is 2. The molecule has 62 valence electrons. The highest BCUT2D eigenvalue weighted by atomic mass is 32.1. The zero-order valence-corrected chi connectivity index (χ0v) is 8.03. The fourth-order valence-corrected chi connectivity index (χ4v) is 1.88. The lowest BCUT2D eigenvalue weighted by atomic mass is 10.0. The van der Waals surface area contributed by atoms with Crippen LogP contribution in [0.5, 0.6) is 0 Å². The molecule has 0 aliphatic rings. The van der Waals surface area contributed by atoms with Gasteiger partial charge in [-0.05, 0) is 32.4 Å². The molecule has 2 heteroatoms. The smallest absolute Gasteiger partial charge is 0.0957 e. The van der Waals surface area contributed by atoms with Crippen LogP contribution in [0.4, 0.5) is 0 Å². The molecular weight excluding hydrogens is 156 g/mol. The Hall–Kier alpha value is -0.340. The van der Waals surface area contributed by atoms with Gasteiger partial charge in [-0.25, -0.2) is 0 Å². The van der Waals surface area contributed by atoms with Gasteiger partial charge >= 0.3 is 0 Å². The molecule has 1 aromatic heterocycles. The molecule has 0 aliphatic heterocycles. The third kappa shape index (κ3) is 1.82. The van der Waals surface area contributed by atoms with Crippen LogP contribution in [-0.4, -0.2) is 5.11 Å². The molecular formula is C9H14OS. The largest absolute Gasteiger partial charge is 0.385 e. The van der Waals surface area contributed by atoms with Gasteiger partial charge in [0.25, 0.3) is 0 Å². The van der Waals surface area contributed by atoms with Crippen LogP contribution in [0.15, 0.2) is 12.1 Å². The predicted molar refractivity (Wildman–Crippen MR) is 48.9 cm³/mol. The van der Waals surface area contributed by atoms with Crippen LogP contribution in [0, 0.1) is 6.92 Å². The van der Waals surface area contributed by atoms with E-state index in [1.165, 1.54) is 4.88 Å². The van der Waals surface area contributed by atoms with E-state index in [2.05, 4.69) is 6.92 Å². The first-order chi connectivity index (χ1) is 5.06. The van der Waals surface area contributed by atoms with Crippen LogP contribution in [-0.2, 0) is 5.60 Å². The van der Waals surface area contributed by atoms with E-state index < -0.39 is 5.60 Å². The molecule has 0 aliphatic carbocycles. The van der Waals surface area contributed by atoms with Gasteiger partial charge in [0.1, 0.15) is 0 Å². The molecule has 11 heavy (non-hydrogen) atoms. The number of thiophene rings is 1. The summed E-state index contributed by atoms with van der Waals surface area (Å²) in [6, 6.07) is 4.05. The van der Waals surface area contributed by atoms with E-state index >= 15 is 0 Å². The molecule has 1 nitrogen and oxygen atoms in total. The molecule has 1 atom stereocenters. The van der Waals surface area contributed by atoms with E-state index in [9.17, 15) is 5.11 Å². The fourth-order valence-electron chi connectivity index (χ4n) is 0.898. The molecule has 0 amide bonds. The Bertz CT molecular complexity index is 237. The molecule has 0 saturated carbocycles. The summed E-state index contributed by atoms with van der Waals surface area (Å²) in [6.45, 7) is 5.91. The van der Waals surface area contributed by atoms with E-state index in [0.29, 0.717) is 0 Å². The van der Waals surface area contributed by atoms with Crippen molar-refractivity contribution in [1.29, 1.82) is 0 Å². The van der Waals surface area contributed by atoms with Crippen molar-refractivity contribution in [2.75, 3.05) is 0 Å². The first-order valence-electron chi connectivity index (χ1n) is 3.85. The minimum Gasteiger partial charge on any atom is -0.385 e. The zero-order valence-electron chi connectivity index (χ0n) is 7.22. The molecule has 0 unspecified atom stereocenters. The monoisotopic (exact) mass is 170 g/mol. The maximum Gasteiger partial charge on any atom is 0.0957 e. The molecule has 0 radical (unpaired) electrons. The van der Waals surface area contributed by atoms with Crippen LogP contribution >= 0.6 is 11.3 Å². The second-order valence-electron chi connectivity index (χ2n) is 3.04. The first-order valence-corrected chi connectivity index (χ1v) is 4.67. The predicted octanol–water partition coefficient (Wildman–Crippen LogP) is 2.67. The van der Waals surface area contributed by atoms with E-state index in [0.717, 1.165) is 11.3 Å². The van der Waals surface area contributed by atoms with Crippen molar-refractivity contribution in [2.24, 2.45) is 0 Å². The molecule has 0 aromatic carbocycles. The summed E-state index contributed by atoms with van der Waals surface area (Å²) in [6.07, 6.45) is 0.771. The topological polar surface area (TPSA) is 20.2 Å². The molecule has 1 rings (SSSR count). The molecule has 1 heterocycles. The van der Waals surface area contributed by atoms with Crippen molar-refractivity contribution in [3.05, 3.63) is 21.9 Å². The molecule has 0 bridgehead atoms. The summed E-state index contributed by atoms with van der Waals surface area (Å²) < 4.78 is 0. The molecule has 1 N–H and O–H groups in total. The minimum atomic E-state index is -0.626. The Balaban J connectivity index is 2.92. The van der Waals surface area contributed by atoms with Gasteiger partial charge in [-0.2, -0.15) is 0 Å². The highest BCUT2D eigenvalue weighted by Crippen LogP contribution is 2.29. The number of hydrogen-bond donors (Lipinski definition) is 1. The summed E-state index contributed by atoms with van der Waals surface area (Å²) in [4.78, 5) is 2.33. The normalized spacial score (nSPS) is 16.4. The summed E-state index contributed by atoms with van der Waals surface area (Å²) in [5.41, 5.74) is -0.626. The van der Waals surface area contributed by atoms with Gasteiger partial charge in [0.15, 0.2) is 0 Å². The standard InChI is InChI=1S/C9H14OS/c1-4-9(3,10)8-6-5-7(2)11-8/h5-6,10H,4H2,1-3H3/t9-/m0/s1. The molecule has 0 spiro atoms. The average Bonchev–Trinajstić information content (AvgIpc) is 2.36. The highest BCUT2D eigenvalue weighted by Gasteiger charge is 2.21. The fraction of sp³-hybridized carbons (Fsp3) is 0.556. The van der Waals surface area contributed by atoms with Gasteiger partial charge in [-0.15, -0.1) is 11.3 Å². The quantitative estimate of drug-likeness (QED) is 0.723. The lowest BCUT2D eigenvalue weighted by Gasteiger charge is -2.18. The lowest BCUT2D eigenvalue weighted by molar-refractivity contribution is 0.0569. The van der Waals surface area contributed by atoms with E-state index in [4.69, 9.17) is 0 Å². The third-order valence-corrected chi connectivity index (χ3v) is 3.21. The Morgan fingerprint density at radius 2 is 2.18 bits per heavy atom. The first kappa shape index (κ1) is 8.75. The van der Waals surface area contributed by atoms with Gasteiger partial charge in [0.05, 0.1) is 5.60 Å². The SMILES string of the molecule is CC[C@](C)(O)c1ccc(C)s1. The average molecular weight is 170 g/mol. The van der Waals surface area contributed by atoms with Crippen LogP contribution in [0.2, 0.25) is 0 Å². The van der Waals surface area contributed by atoms with E-state index in [1.807, 2.05) is 26.0 Å². The van der Waals surface area contributed by atoms with E-state index in [-0.39, 0.29) is 0 Å².